The van der Waals surface area contributed by atoms with Crippen LogP contribution in [0.15, 0.2) is 40.4 Å². The Morgan fingerprint density at radius 1 is 1.23 bits per heavy atom. The summed E-state index contributed by atoms with van der Waals surface area (Å²) in [4.78, 5) is 21.7. The third-order valence-electron chi connectivity index (χ3n) is 6.26. The number of fused-ring (bicyclic) bond motifs is 1. The zero-order valence-electron chi connectivity index (χ0n) is 20.0. The number of anilines is 2. The molecule has 10 heteroatoms. The van der Waals surface area contributed by atoms with Crippen molar-refractivity contribution in [3.05, 3.63) is 47.4 Å². The van der Waals surface area contributed by atoms with Crippen LogP contribution in [0.25, 0.3) is 11.3 Å². The number of aromatic nitrogens is 3. The molecule has 0 saturated heterocycles. The average Bonchev–Trinajstić information content (AvgIpc) is 3.23. The van der Waals surface area contributed by atoms with Gasteiger partial charge in [0.1, 0.15) is 17.6 Å². The molecule has 1 aliphatic heterocycles. The summed E-state index contributed by atoms with van der Waals surface area (Å²) in [5, 5.41) is 7.68. The Morgan fingerprint density at radius 2 is 1.97 bits per heavy atom. The Kier molecular flexibility index (Phi) is 5.58. The molecule has 0 amide bonds. The molecular weight excluding hydrogens is 469 g/mol. The number of halogens is 1. The molecule has 5 rings (SSSR count). The first-order valence-electron chi connectivity index (χ1n) is 11.3. The van der Waals surface area contributed by atoms with Crippen molar-refractivity contribution in [2.24, 2.45) is 18.0 Å². The van der Waals surface area contributed by atoms with Gasteiger partial charge in [-0.25, -0.2) is 12.8 Å². The highest BCUT2D eigenvalue weighted by atomic mass is 32.2. The lowest BCUT2D eigenvalue weighted by Gasteiger charge is -2.15. The standard InChI is InChI=1S/C25H26FN5O3S/c1-13-12-31(3)30-24(13)15-5-6-19(23(8-15)35(4,33)34)29-21-9-16(10-22(32)17-11-18(17)26)28-20-7-14(2)27-25(20)21/h5-6,8-9,12,17-18H,7,10-11H2,1-4H3,(H,28,29)/t17-,18+/m1/s1. The number of hydrogen-bond acceptors (Lipinski definition) is 7. The molecule has 1 fully saturated rings. The van der Waals surface area contributed by atoms with Gasteiger partial charge in [0.2, 0.25) is 0 Å². The number of nitrogens with zero attached hydrogens (tertiary/aromatic N) is 4. The first kappa shape index (κ1) is 23.3. The van der Waals surface area contributed by atoms with E-state index in [1.807, 2.05) is 33.2 Å². The summed E-state index contributed by atoms with van der Waals surface area (Å²) < 4.78 is 40.5. The number of benzene rings is 1. The van der Waals surface area contributed by atoms with Crippen LogP contribution in [-0.4, -0.2) is 47.1 Å². The SMILES string of the molecule is CC1=Nc2c(Nc3ccc(-c4nn(C)cc4C)cc3S(C)(=O)=O)cc(CC(=O)[C@@H]3C[C@@H]3F)nc2C1. The number of Topliss-reactive ketones (excluding diaryl/α,β-unsaturated/α-hetero) is 1. The van der Waals surface area contributed by atoms with E-state index in [-0.39, 0.29) is 23.5 Å². The molecule has 2 atom stereocenters. The van der Waals surface area contributed by atoms with Gasteiger partial charge in [0.15, 0.2) is 9.84 Å². The summed E-state index contributed by atoms with van der Waals surface area (Å²) in [5.41, 5.74) is 6.01. The highest BCUT2D eigenvalue weighted by molar-refractivity contribution is 7.90. The summed E-state index contributed by atoms with van der Waals surface area (Å²) >= 11 is 0. The lowest BCUT2D eigenvalue weighted by Crippen LogP contribution is -2.10. The van der Waals surface area contributed by atoms with Crippen molar-refractivity contribution in [1.82, 2.24) is 14.8 Å². The number of aliphatic imine (C=N–C) groups is 1. The maximum atomic E-state index is 13.4. The van der Waals surface area contributed by atoms with Crippen LogP contribution in [0, 0.1) is 12.8 Å². The molecule has 182 valence electrons. The van der Waals surface area contributed by atoms with E-state index in [9.17, 15) is 17.6 Å². The minimum atomic E-state index is -3.60. The molecule has 0 radical (unpaired) electrons. The van der Waals surface area contributed by atoms with Crippen LogP contribution in [0.5, 0.6) is 0 Å². The van der Waals surface area contributed by atoms with Crippen LogP contribution in [-0.2, 0) is 34.5 Å². The fraction of sp³-hybridized carbons (Fsp3) is 0.360. The molecule has 0 unspecified atom stereocenters. The van der Waals surface area contributed by atoms with Crippen molar-refractivity contribution >= 4 is 38.4 Å². The number of rotatable bonds is 7. The molecule has 1 N–H and O–H groups in total. The summed E-state index contributed by atoms with van der Waals surface area (Å²) in [6, 6.07) is 6.85. The summed E-state index contributed by atoms with van der Waals surface area (Å²) in [7, 11) is -1.78. The number of carbonyl (C=O) groups excluding carboxylic acids is 1. The van der Waals surface area contributed by atoms with Crippen LogP contribution in [0.3, 0.4) is 0 Å². The molecule has 8 nitrogen and oxygen atoms in total. The monoisotopic (exact) mass is 495 g/mol. The van der Waals surface area contributed by atoms with Crippen LogP contribution < -0.4 is 5.32 Å². The molecular formula is C25H26FN5O3S. The van der Waals surface area contributed by atoms with Gasteiger partial charge in [-0.1, -0.05) is 6.07 Å². The first-order valence-corrected chi connectivity index (χ1v) is 13.2. The normalized spacial score (nSPS) is 18.8. The van der Waals surface area contributed by atoms with E-state index in [4.69, 9.17) is 0 Å². The number of nitrogens with one attached hydrogen (secondary N) is 1. The van der Waals surface area contributed by atoms with Crippen LogP contribution >= 0.6 is 0 Å². The van der Waals surface area contributed by atoms with E-state index in [0.29, 0.717) is 46.1 Å². The number of ketones is 1. The van der Waals surface area contributed by atoms with Gasteiger partial charge in [-0.05, 0) is 44.0 Å². The van der Waals surface area contributed by atoms with Gasteiger partial charge in [0.25, 0.3) is 0 Å². The summed E-state index contributed by atoms with van der Waals surface area (Å²) in [6.07, 6.45) is 2.82. The molecule has 35 heavy (non-hydrogen) atoms. The van der Waals surface area contributed by atoms with Crippen LogP contribution in [0.4, 0.5) is 21.5 Å². The van der Waals surface area contributed by atoms with Crippen molar-refractivity contribution in [3.63, 3.8) is 0 Å². The second-order valence-electron chi connectivity index (χ2n) is 9.42. The third kappa shape index (κ3) is 4.62. The predicted octanol–water partition coefficient (Wildman–Crippen LogP) is 4.06. The molecule has 1 aliphatic carbocycles. The van der Waals surface area contributed by atoms with Crippen molar-refractivity contribution < 1.29 is 17.6 Å². The van der Waals surface area contributed by atoms with Crippen LogP contribution in [0.2, 0.25) is 0 Å². The second-order valence-corrected chi connectivity index (χ2v) is 11.4. The summed E-state index contributed by atoms with van der Waals surface area (Å²) in [5.74, 6) is -0.711. The van der Waals surface area contributed by atoms with Crippen molar-refractivity contribution in [2.75, 3.05) is 11.6 Å². The Morgan fingerprint density at radius 3 is 2.60 bits per heavy atom. The Bertz CT molecular complexity index is 1510. The summed E-state index contributed by atoms with van der Waals surface area (Å²) in [6.45, 7) is 3.81. The van der Waals surface area contributed by atoms with Crippen LogP contribution in [0.1, 0.15) is 30.3 Å². The Balaban J connectivity index is 1.55. The Hall–Kier alpha value is -3.40. The number of alkyl halides is 1. The van der Waals surface area contributed by atoms with E-state index in [0.717, 1.165) is 17.5 Å². The van der Waals surface area contributed by atoms with E-state index in [1.165, 1.54) is 0 Å². The van der Waals surface area contributed by atoms with E-state index in [2.05, 4.69) is 20.4 Å². The highest BCUT2D eigenvalue weighted by Crippen LogP contribution is 2.40. The number of aryl methyl sites for hydroxylation is 2. The molecule has 0 spiro atoms. The largest absolute Gasteiger partial charge is 0.353 e. The number of pyridine rings is 1. The number of carbonyl (C=O) groups is 1. The lowest BCUT2D eigenvalue weighted by molar-refractivity contribution is -0.120. The minimum absolute atomic E-state index is 0.0307. The zero-order chi connectivity index (χ0) is 25.1. The maximum absolute atomic E-state index is 13.4. The smallest absolute Gasteiger partial charge is 0.177 e. The molecule has 3 aromatic rings. The second kappa shape index (κ2) is 8.37. The molecule has 2 aromatic heterocycles. The van der Waals surface area contributed by atoms with Crippen molar-refractivity contribution in [3.8, 4) is 11.3 Å². The van der Waals surface area contributed by atoms with Gasteiger partial charge in [0.05, 0.1) is 39.3 Å². The van der Waals surface area contributed by atoms with Crippen molar-refractivity contribution in [2.45, 2.75) is 44.2 Å². The number of sulfone groups is 1. The fourth-order valence-corrected chi connectivity index (χ4v) is 5.34. The molecule has 1 aromatic carbocycles. The molecule has 3 heterocycles. The number of hydrogen-bond donors (Lipinski definition) is 1. The average molecular weight is 496 g/mol. The Labute approximate surface area is 203 Å². The third-order valence-corrected chi connectivity index (χ3v) is 7.40. The predicted molar refractivity (Wildman–Crippen MR) is 132 cm³/mol. The van der Waals surface area contributed by atoms with Crippen molar-refractivity contribution in [1.29, 1.82) is 0 Å². The maximum Gasteiger partial charge on any atom is 0.177 e. The zero-order valence-corrected chi connectivity index (χ0v) is 20.8. The van der Waals surface area contributed by atoms with Gasteiger partial charge in [0, 0.05) is 43.6 Å². The van der Waals surface area contributed by atoms with E-state index < -0.39 is 21.9 Å². The first-order chi connectivity index (χ1) is 16.5. The van der Waals surface area contributed by atoms with E-state index >= 15 is 0 Å². The minimum Gasteiger partial charge on any atom is -0.353 e. The molecule has 1 saturated carbocycles. The van der Waals surface area contributed by atoms with Gasteiger partial charge >= 0.3 is 0 Å². The molecule has 0 bridgehead atoms. The van der Waals surface area contributed by atoms with Gasteiger partial charge in [-0.3, -0.25) is 19.5 Å². The highest BCUT2D eigenvalue weighted by Gasteiger charge is 2.43. The van der Waals surface area contributed by atoms with Gasteiger partial charge < -0.3 is 5.32 Å². The van der Waals surface area contributed by atoms with Gasteiger partial charge in [-0.15, -0.1) is 0 Å². The topological polar surface area (TPSA) is 106 Å². The fourth-order valence-electron chi connectivity index (χ4n) is 4.48. The van der Waals surface area contributed by atoms with Gasteiger partial charge in [-0.2, -0.15) is 5.10 Å². The quantitative estimate of drug-likeness (QED) is 0.530. The lowest BCUT2D eigenvalue weighted by atomic mass is 10.1. The van der Waals surface area contributed by atoms with E-state index in [1.54, 1.807) is 22.9 Å². The molecule has 2 aliphatic rings.